The summed E-state index contributed by atoms with van der Waals surface area (Å²) in [6, 6.07) is 16.7. The molecule has 4 heterocycles. The second kappa shape index (κ2) is 13.2. The first-order valence-corrected chi connectivity index (χ1v) is 13.6. The molecule has 42 heavy (non-hydrogen) atoms. The van der Waals surface area contributed by atoms with Crippen molar-refractivity contribution in [3.63, 3.8) is 0 Å². The van der Waals surface area contributed by atoms with Gasteiger partial charge in [-0.1, -0.05) is 42.0 Å². The molecule has 1 amide bonds. The lowest BCUT2D eigenvalue weighted by Gasteiger charge is -2.10. The van der Waals surface area contributed by atoms with Crippen LogP contribution in [0.4, 0.5) is 11.6 Å². The van der Waals surface area contributed by atoms with Crippen molar-refractivity contribution in [3.05, 3.63) is 123 Å². The normalized spacial score (nSPS) is 11.3. The molecule has 0 aliphatic carbocycles. The third-order valence-electron chi connectivity index (χ3n) is 6.26. The van der Waals surface area contributed by atoms with E-state index < -0.39 is 5.91 Å². The van der Waals surface area contributed by atoms with Gasteiger partial charge in [-0.05, 0) is 67.2 Å². The summed E-state index contributed by atoms with van der Waals surface area (Å²) < 4.78 is 1.46. The first kappa shape index (κ1) is 28.6. The molecular formula is C31H29ClN8O2. The van der Waals surface area contributed by atoms with Gasteiger partial charge in [-0.2, -0.15) is 4.98 Å². The average molecular weight is 581 g/mol. The van der Waals surface area contributed by atoms with Crippen molar-refractivity contribution in [2.45, 2.75) is 13.1 Å². The van der Waals surface area contributed by atoms with Crippen LogP contribution in [-0.4, -0.2) is 56.0 Å². The maximum absolute atomic E-state index is 12.8. The molecule has 0 aliphatic rings. The van der Waals surface area contributed by atoms with Crippen molar-refractivity contribution >= 4 is 46.3 Å². The molecule has 4 aromatic heterocycles. The van der Waals surface area contributed by atoms with Crippen LogP contribution in [0.2, 0.25) is 5.15 Å². The minimum atomic E-state index is -0.453. The van der Waals surface area contributed by atoms with Crippen LogP contribution in [-0.2, 0) is 13.1 Å². The minimum Gasteiger partial charge on any atom is -0.348 e. The number of benzene rings is 1. The summed E-state index contributed by atoms with van der Waals surface area (Å²) >= 11 is 5.83. The number of aromatic nitrogens is 5. The van der Waals surface area contributed by atoms with E-state index in [-0.39, 0.29) is 24.2 Å². The lowest BCUT2D eigenvalue weighted by Crippen LogP contribution is -2.33. The zero-order valence-electron chi connectivity index (χ0n) is 23.2. The standard InChI is InChI=1S/C31H29ClN8O2/c1-39(2)19-21-7-10-25(11-8-21)37-31-36-18-24-15-22(16-35-28(24)38-31)5-3-13-33-29(41)26-6-4-14-40(30(26)42)20-23-9-12-27(32)34-17-23/h3-12,14-18H,13,19-20H2,1-2H3,(H,33,41)(H,35,36,37,38). The minimum absolute atomic E-state index is 0.0614. The van der Waals surface area contributed by atoms with E-state index in [1.165, 1.54) is 16.2 Å². The number of anilines is 2. The molecule has 10 nitrogen and oxygen atoms in total. The van der Waals surface area contributed by atoms with E-state index in [1.54, 1.807) is 49.1 Å². The van der Waals surface area contributed by atoms with Crippen LogP contribution in [0, 0.1) is 0 Å². The van der Waals surface area contributed by atoms with Crippen LogP contribution in [0.3, 0.4) is 0 Å². The number of nitrogens with one attached hydrogen (secondary N) is 2. The van der Waals surface area contributed by atoms with Gasteiger partial charge in [-0.3, -0.25) is 9.59 Å². The fraction of sp³-hybridized carbons (Fsp3) is 0.161. The highest BCUT2D eigenvalue weighted by molar-refractivity contribution is 6.29. The number of fused-ring (bicyclic) bond motifs is 1. The zero-order valence-corrected chi connectivity index (χ0v) is 23.9. The largest absolute Gasteiger partial charge is 0.348 e. The number of carbonyl (C=O) groups excluding carboxylic acids is 1. The molecule has 0 saturated carbocycles. The van der Waals surface area contributed by atoms with Gasteiger partial charge in [0.15, 0.2) is 5.65 Å². The van der Waals surface area contributed by atoms with Gasteiger partial charge in [0, 0.05) is 49.0 Å². The van der Waals surface area contributed by atoms with Gasteiger partial charge in [-0.15, -0.1) is 0 Å². The molecule has 11 heteroatoms. The molecule has 0 radical (unpaired) electrons. The van der Waals surface area contributed by atoms with Crippen LogP contribution in [0.1, 0.15) is 27.0 Å². The molecule has 0 aliphatic heterocycles. The topological polar surface area (TPSA) is 118 Å². The zero-order chi connectivity index (χ0) is 29.5. The van der Waals surface area contributed by atoms with E-state index >= 15 is 0 Å². The number of hydrogen-bond donors (Lipinski definition) is 2. The molecule has 5 rings (SSSR count). The molecule has 0 atom stereocenters. The Morgan fingerprint density at radius 2 is 1.81 bits per heavy atom. The molecule has 0 spiro atoms. The summed E-state index contributed by atoms with van der Waals surface area (Å²) in [6.07, 6.45) is 10.3. The van der Waals surface area contributed by atoms with Crippen LogP contribution in [0.25, 0.3) is 17.1 Å². The molecule has 5 aromatic rings. The van der Waals surface area contributed by atoms with E-state index in [0.717, 1.165) is 28.7 Å². The fourth-order valence-electron chi connectivity index (χ4n) is 4.25. The Morgan fingerprint density at radius 1 is 1.00 bits per heavy atom. The maximum atomic E-state index is 12.8. The maximum Gasteiger partial charge on any atom is 0.263 e. The van der Waals surface area contributed by atoms with Crippen LogP contribution < -0.4 is 16.2 Å². The summed E-state index contributed by atoms with van der Waals surface area (Å²) in [7, 11) is 4.07. The third kappa shape index (κ3) is 7.42. The average Bonchev–Trinajstić information content (AvgIpc) is 2.98. The number of halogens is 1. The number of rotatable bonds is 10. The number of hydrogen-bond acceptors (Lipinski definition) is 8. The molecule has 0 fully saturated rings. The van der Waals surface area contributed by atoms with E-state index in [9.17, 15) is 9.59 Å². The van der Waals surface area contributed by atoms with E-state index in [2.05, 4.69) is 47.6 Å². The highest BCUT2D eigenvalue weighted by Gasteiger charge is 2.12. The van der Waals surface area contributed by atoms with Crippen molar-refractivity contribution in [1.29, 1.82) is 0 Å². The van der Waals surface area contributed by atoms with E-state index in [4.69, 9.17) is 11.6 Å². The van der Waals surface area contributed by atoms with Crippen molar-refractivity contribution in [2.24, 2.45) is 0 Å². The second-order valence-electron chi connectivity index (χ2n) is 9.89. The Balaban J connectivity index is 1.17. The predicted molar refractivity (Wildman–Crippen MR) is 165 cm³/mol. The summed E-state index contributed by atoms with van der Waals surface area (Å²) in [5, 5.41) is 7.14. The lowest BCUT2D eigenvalue weighted by molar-refractivity contribution is 0.0956. The van der Waals surface area contributed by atoms with E-state index in [0.29, 0.717) is 16.7 Å². The smallest absolute Gasteiger partial charge is 0.263 e. The first-order chi connectivity index (χ1) is 20.3. The SMILES string of the molecule is CN(C)Cc1ccc(Nc2ncc3cc(C=CCNC(=O)c4cccn(Cc5ccc(Cl)nc5)c4=O)cnc3n2)cc1. The Kier molecular flexibility index (Phi) is 8.96. The number of nitrogens with zero attached hydrogens (tertiary/aromatic N) is 6. The van der Waals surface area contributed by atoms with Gasteiger partial charge in [0.1, 0.15) is 10.7 Å². The van der Waals surface area contributed by atoms with Gasteiger partial charge in [0.05, 0.1) is 6.54 Å². The molecule has 0 unspecified atom stereocenters. The lowest BCUT2D eigenvalue weighted by atomic mass is 10.2. The molecule has 0 bridgehead atoms. The first-order valence-electron chi connectivity index (χ1n) is 13.2. The number of amides is 1. The van der Waals surface area contributed by atoms with Gasteiger partial charge in [-0.25, -0.2) is 15.0 Å². The predicted octanol–water partition coefficient (Wildman–Crippen LogP) is 4.53. The highest BCUT2D eigenvalue weighted by Crippen LogP contribution is 2.18. The summed E-state index contributed by atoms with van der Waals surface area (Å²) in [4.78, 5) is 45.1. The van der Waals surface area contributed by atoms with Gasteiger partial charge < -0.3 is 20.1 Å². The molecular weight excluding hydrogens is 552 g/mol. The number of carbonyl (C=O) groups is 1. The fourth-order valence-corrected chi connectivity index (χ4v) is 4.36. The monoisotopic (exact) mass is 580 g/mol. The Hall–Kier alpha value is -4.93. The van der Waals surface area contributed by atoms with Crippen LogP contribution >= 0.6 is 11.6 Å². The van der Waals surface area contributed by atoms with Crippen LogP contribution in [0.5, 0.6) is 0 Å². The molecule has 0 saturated heterocycles. The quantitative estimate of drug-likeness (QED) is 0.231. The van der Waals surface area contributed by atoms with Crippen LogP contribution in [0.15, 0.2) is 90.3 Å². The highest BCUT2D eigenvalue weighted by atomic mass is 35.5. The summed E-state index contributed by atoms with van der Waals surface area (Å²) in [5.74, 6) is 0.0109. The molecule has 1 aromatic carbocycles. The second-order valence-corrected chi connectivity index (χ2v) is 10.3. The van der Waals surface area contributed by atoms with Crippen molar-refractivity contribution in [2.75, 3.05) is 26.0 Å². The van der Waals surface area contributed by atoms with E-state index in [1.807, 2.05) is 38.4 Å². The number of pyridine rings is 3. The Labute approximate surface area is 247 Å². The Morgan fingerprint density at radius 3 is 2.57 bits per heavy atom. The van der Waals surface area contributed by atoms with Crippen molar-refractivity contribution in [3.8, 4) is 0 Å². The van der Waals surface area contributed by atoms with Crippen molar-refractivity contribution in [1.82, 2.24) is 34.7 Å². The summed E-state index contributed by atoms with van der Waals surface area (Å²) in [5.41, 5.74) is 3.99. The molecule has 2 N–H and O–H groups in total. The van der Waals surface area contributed by atoms with Gasteiger partial charge in [0.25, 0.3) is 11.5 Å². The summed E-state index contributed by atoms with van der Waals surface area (Å²) in [6.45, 7) is 1.39. The Bertz CT molecular complexity index is 1780. The molecule has 212 valence electrons. The van der Waals surface area contributed by atoms with Gasteiger partial charge >= 0.3 is 0 Å². The van der Waals surface area contributed by atoms with Crippen molar-refractivity contribution < 1.29 is 4.79 Å². The third-order valence-corrected chi connectivity index (χ3v) is 6.48. The van der Waals surface area contributed by atoms with Gasteiger partial charge in [0.2, 0.25) is 5.95 Å².